The van der Waals surface area contributed by atoms with Gasteiger partial charge >= 0.3 is 11.9 Å². The van der Waals surface area contributed by atoms with Crippen LogP contribution in [0.5, 0.6) is 0 Å². The number of carbonyl (C=O) groups excluding carboxylic acids is 3. The molecule has 5 aliphatic rings. The van der Waals surface area contributed by atoms with Crippen LogP contribution in [0, 0.1) is 23.7 Å². The van der Waals surface area contributed by atoms with Crippen LogP contribution in [0.4, 0.5) is 0 Å². The molecule has 3 N–H and O–H groups in total. The van der Waals surface area contributed by atoms with E-state index in [4.69, 9.17) is 24.0 Å². The number of hydrogen-bond donors (Lipinski definition) is 3. The summed E-state index contributed by atoms with van der Waals surface area (Å²) in [5.41, 5.74) is 0.0582. The maximum Gasteiger partial charge on any atom is 0.326 e. The number of esters is 1. The molecule has 9 atom stereocenters. The Hall–Kier alpha value is -3.06. The molecule has 1 spiro atoms. The van der Waals surface area contributed by atoms with E-state index in [-0.39, 0.29) is 55.9 Å². The Labute approximate surface area is 257 Å². The Kier molecular flexibility index (Phi) is 9.93. The van der Waals surface area contributed by atoms with Gasteiger partial charge < -0.3 is 30.0 Å². The molecule has 5 fully saturated rings. The van der Waals surface area contributed by atoms with E-state index in [0.717, 1.165) is 24.8 Å². The van der Waals surface area contributed by atoms with Crippen LogP contribution in [-0.2, 0) is 49.6 Å². The SMILES string of the molecule is C[C@@H]1[C@H](OC(=O)CCC(=O)NCCCC(=O)N[C@H](Cc2ccccc2)C(=O)O)O[C@H]2O[C@@]3(C)CC[C@H]4[C@H](C)CC[C@H]1[C@]24OO3. The van der Waals surface area contributed by atoms with Gasteiger partial charge in [0.1, 0.15) is 6.04 Å². The summed E-state index contributed by atoms with van der Waals surface area (Å²) in [7, 11) is 0. The van der Waals surface area contributed by atoms with E-state index in [1.165, 1.54) is 0 Å². The van der Waals surface area contributed by atoms with Crippen molar-refractivity contribution in [2.75, 3.05) is 6.54 Å². The molecule has 1 aromatic carbocycles. The minimum Gasteiger partial charge on any atom is -0.480 e. The molecule has 44 heavy (non-hydrogen) atoms. The number of hydrogen-bond acceptors (Lipinski definition) is 9. The monoisotopic (exact) mass is 616 g/mol. The van der Waals surface area contributed by atoms with Gasteiger partial charge in [-0.05, 0) is 50.0 Å². The van der Waals surface area contributed by atoms with Crippen molar-refractivity contribution in [2.24, 2.45) is 23.7 Å². The fourth-order valence-electron chi connectivity index (χ4n) is 7.29. The van der Waals surface area contributed by atoms with Crippen molar-refractivity contribution in [3.63, 3.8) is 0 Å². The van der Waals surface area contributed by atoms with Crippen LogP contribution >= 0.6 is 0 Å². The van der Waals surface area contributed by atoms with Crippen LogP contribution in [0.15, 0.2) is 30.3 Å². The van der Waals surface area contributed by atoms with Gasteiger partial charge in [-0.15, -0.1) is 0 Å². The Bertz CT molecular complexity index is 1210. The predicted octanol–water partition coefficient (Wildman–Crippen LogP) is 3.23. The quantitative estimate of drug-likeness (QED) is 0.181. The van der Waals surface area contributed by atoms with Gasteiger partial charge in [0.2, 0.25) is 23.9 Å². The summed E-state index contributed by atoms with van der Waals surface area (Å²) < 4.78 is 18.3. The molecule has 2 bridgehead atoms. The second-order valence-electron chi connectivity index (χ2n) is 12.9. The summed E-state index contributed by atoms with van der Waals surface area (Å²) in [6.07, 6.45) is 2.29. The van der Waals surface area contributed by atoms with E-state index in [2.05, 4.69) is 17.6 Å². The van der Waals surface area contributed by atoms with E-state index in [9.17, 15) is 24.3 Å². The molecule has 0 unspecified atom stereocenters. The van der Waals surface area contributed by atoms with E-state index in [1.54, 1.807) is 12.1 Å². The first-order valence-electron chi connectivity index (χ1n) is 15.7. The highest BCUT2D eigenvalue weighted by Crippen LogP contribution is 2.60. The summed E-state index contributed by atoms with van der Waals surface area (Å²) in [6, 6.07) is 8.02. The van der Waals surface area contributed by atoms with Crippen molar-refractivity contribution < 1.29 is 48.3 Å². The third-order valence-electron chi connectivity index (χ3n) is 9.72. The molecule has 12 heteroatoms. The van der Waals surface area contributed by atoms with Crippen molar-refractivity contribution in [3.05, 3.63) is 35.9 Å². The van der Waals surface area contributed by atoms with E-state index >= 15 is 0 Å². The number of nitrogens with one attached hydrogen (secondary N) is 2. The van der Waals surface area contributed by atoms with Gasteiger partial charge in [-0.25, -0.2) is 14.6 Å². The molecule has 1 aliphatic carbocycles. The Balaban J connectivity index is 1.03. The number of carboxylic acids is 1. The summed E-state index contributed by atoms with van der Waals surface area (Å²) in [5.74, 6) is -2.86. The first-order valence-corrected chi connectivity index (χ1v) is 15.7. The van der Waals surface area contributed by atoms with Gasteiger partial charge in [0.25, 0.3) is 0 Å². The van der Waals surface area contributed by atoms with Crippen LogP contribution < -0.4 is 10.6 Å². The van der Waals surface area contributed by atoms with E-state index in [1.807, 2.05) is 32.0 Å². The van der Waals surface area contributed by atoms with E-state index < -0.39 is 47.9 Å². The fraction of sp³-hybridized carbons (Fsp3) is 0.688. The van der Waals surface area contributed by atoms with Crippen molar-refractivity contribution >= 4 is 23.8 Å². The molecule has 4 aliphatic heterocycles. The van der Waals surface area contributed by atoms with E-state index in [0.29, 0.717) is 18.8 Å². The molecule has 1 saturated carbocycles. The Morgan fingerprint density at radius 3 is 2.52 bits per heavy atom. The number of fused-ring (bicyclic) bond motifs is 2. The lowest BCUT2D eigenvalue weighted by atomic mass is 9.58. The zero-order valence-electron chi connectivity index (χ0n) is 25.6. The highest BCUT2D eigenvalue weighted by molar-refractivity contribution is 5.84. The van der Waals surface area contributed by atoms with Gasteiger partial charge in [0.05, 0.1) is 6.42 Å². The number of ether oxygens (including phenoxy) is 3. The van der Waals surface area contributed by atoms with Crippen LogP contribution in [0.25, 0.3) is 0 Å². The number of carbonyl (C=O) groups is 4. The Morgan fingerprint density at radius 1 is 1.00 bits per heavy atom. The number of amides is 2. The molecule has 4 heterocycles. The van der Waals surface area contributed by atoms with Gasteiger partial charge in [-0.2, -0.15) is 0 Å². The molecule has 6 rings (SSSR count). The molecular weight excluding hydrogens is 572 g/mol. The lowest BCUT2D eigenvalue weighted by Crippen LogP contribution is -2.70. The van der Waals surface area contributed by atoms with Crippen molar-refractivity contribution in [1.29, 1.82) is 0 Å². The summed E-state index contributed by atoms with van der Waals surface area (Å²) in [5, 5.41) is 14.7. The fourth-order valence-corrected chi connectivity index (χ4v) is 7.29. The molecule has 242 valence electrons. The molecule has 0 aromatic heterocycles. The normalized spacial score (nSPS) is 34.6. The highest BCUT2D eigenvalue weighted by Gasteiger charge is 2.69. The predicted molar refractivity (Wildman–Crippen MR) is 154 cm³/mol. The maximum atomic E-state index is 12.8. The zero-order valence-corrected chi connectivity index (χ0v) is 25.6. The smallest absolute Gasteiger partial charge is 0.326 e. The van der Waals surface area contributed by atoms with Crippen molar-refractivity contribution in [3.8, 4) is 0 Å². The van der Waals surface area contributed by atoms with Crippen LogP contribution in [0.3, 0.4) is 0 Å². The molecule has 2 amide bonds. The number of aliphatic carboxylic acids is 1. The largest absolute Gasteiger partial charge is 0.480 e. The van der Waals surface area contributed by atoms with Crippen LogP contribution in [0.1, 0.15) is 77.7 Å². The van der Waals surface area contributed by atoms with Gasteiger partial charge in [-0.3, -0.25) is 14.4 Å². The van der Waals surface area contributed by atoms with Crippen LogP contribution in [0.2, 0.25) is 0 Å². The summed E-state index contributed by atoms with van der Waals surface area (Å²) in [6.45, 7) is 6.27. The number of carboxylic acid groups (broad SMARTS) is 1. The average molecular weight is 617 g/mol. The third-order valence-corrected chi connectivity index (χ3v) is 9.72. The van der Waals surface area contributed by atoms with Crippen LogP contribution in [-0.4, -0.2) is 65.4 Å². The summed E-state index contributed by atoms with van der Waals surface area (Å²) in [4.78, 5) is 60.9. The Morgan fingerprint density at radius 2 is 1.77 bits per heavy atom. The lowest BCUT2D eigenvalue weighted by molar-refractivity contribution is -0.576. The average Bonchev–Trinajstić information content (AvgIpc) is 3.22. The van der Waals surface area contributed by atoms with Gasteiger partial charge in [-0.1, -0.05) is 44.2 Å². The second kappa shape index (κ2) is 13.5. The molecular formula is C32H44N2O10. The van der Waals surface area contributed by atoms with Crippen molar-refractivity contribution in [2.45, 2.75) is 109 Å². The number of rotatable bonds is 12. The lowest BCUT2D eigenvalue weighted by Gasteiger charge is -2.59. The third kappa shape index (κ3) is 6.93. The zero-order chi connectivity index (χ0) is 31.5. The molecule has 0 radical (unpaired) electrons. The first-order chi connectivity index (χ1) is 21.0. The van der Waals surface area contributed by atoms with Gasteiger partial charge in [0, 0.05) is 44.1 Å². The summed E-state index contributed by atoms with van der Waals surface area (Å²) >= 11 is 0. The minimum absolute atomic E-state index is 0.0208. The first kappa shape index (κ1) is 32.3. The van der Waals surface area contributed by atoms with Gasteiger partial charge in [0.15, 0.2) is 11.9 Å². The standard InChI is InChI=1S/C32H44N2O10/c1-19-11-12-23-20(2)29(41-30-32(23)22(19)15-16-31(3,42-30)43-44-32)40-27(37)14-13-25(35)33-17-7-10-26(36)34-24(28(38)39)18-21-8-5-4-6-9-21/h4-6,8-9,19-20,22-24,29-30H,7,10-18H2,1-3H3,(H,33,35)(H,34,36)(H,38,39)/t19-,20+,22+,23-,24-,29-,30+,31-,32+/m1/s1. The maximum absolute atomic E-state index is 12.8. The second-order valence-corrected chi connectivity index (χ2v) is 12.9. The molecule has 4 saturated heterocycles. The highest BCUT2D eigenvalue weighted by atomic mass is 17.3. The van der Waals surface area contributed by atoms with Crippen molar-refractivity contribution in [1.82, 2.24) is 10.6 Å². The topological polar surface area (TPSA) is 159 Å². The molecule has 12 nitrogen and oxygen atoms in total. The minimum atomic E-state index is -1.11. The number of benzene rings is 1. The molecule has 1 aromatic rings.